The van der Waals surface area contributed by atoms with E-state index in [9.17, 15) is 9.90 Å². The van der Waals surface area contributed by atoms with E-state index in [1.165, 1.54) is 16.0 Å². The Morgan fingerprint density at radius 3 is 2.70 bits per heavy atom. The summed E-state index contributed by atoms with van der Waals surface area (Å²) in [6.07, 6.45) is 1.97. The molecule has 2 atom stereocenters. The van der Waals surface area contributed by atoms with Crippen molar-refractivity contribution < 1.29 is 9.90 Å². The SMILES string of the molecule is CC1CN(c2nc(N)nc3c2CCC(c2ccccc2)C3)CCN1C(=O)O. The number of fused-ring (bicyclic) bond motifs is 1. The number of nitrogen functional groups attached to an aromatic ring is 1. The van der Waals surface area contributed by atoms with E-state index in [0.717, 1.165) is 30.8 Å². The number of hydrogen-bond acceptors (Lipinski definition) is 5. The summed E-state index contributed by atoms with van der Waals surface area (Å²) in [6.45, 7) is 3.66. The molecule has 1 aromatic carbocycles. The number of nitrogens with zero attached hydrogens (tertiary/aromatic N) is 4. The van der Waals surface area contributed by atoms with Crippen LogP contribution in [0, 0.1) is 0 Å². The summed E-state index contributed by atoms with van der Waals surface area (Å²) in [5, 5.41) is 9.30. The zero-order valence-electron chi connectivity index (χ0n) is 15.5. The van der Waals surface area contributed by atoms with Crippen LogP contribution >= 0.6 is 0 Å². The van der Waals surface area contributed by atoms with Gasteiger partial charge in [-0.15, -0.1) is 0 Å². The molecule has 142 valence electrons. The van der Waals surface area contributed by atoms with Crippen molar-refractivity contribution in [2.45, 2.75) is 38.1 Å². The number of carboxylic acid groups (broad SMARTS) is 1. The van der Waals surface area contributed by atoms with Gasteiger partial charge in [0.1, 0.15) is 5.82 Å². The molecule has 7 nitrogen and oxygen atoms in total. The topological polar surface area (TPSA) is 95.6 Å². The Morgan fingerprint density at radius 2 is 2.00 bits per heavy atom. The molecule has 0 spiro atoms. The minimum absolute atomic E-state index is 0.0799. The first kappa shape index (κ1) is 17.6. The van der Waals surface area contributed by atoms with Gasteiger partial charge in [0.15, 0.2) is 0 Å². The summed E-state index contributed by atoms with van der Waals surface area (Å²) in [5.74, 6) is 1.63. The molecule has 2 aliphatic rings. The molecule has 0 radical (unpaired) electrons. The van der Waals surface area contributed by atoms with Gasteiger partial charge in [-0.2, -0.15) is 4.98 Å². The lowest BCUT2D eigenvalue weighted by atomic mass is 9.82. The molecule has 0 saturated carbocycles. The summed E-state index contributed by atoms with van der Waals surface area (Å²) in [6, 6.07) is 10.5. The second-order valence-electron chi connectivity index (χ2n) is 7.45. The van der Waals surface area contributed by atoms with Gasteiger partial charge in [-0.1, -0.05) is 30.3 Å². The van der Waals surface area contributed by atoms with Crippen molar-refractivity contribution in [1.29, 1.82) is 0 Å². The van der Waals surface area contributed by atoms with Crippen LogP contribution in [0.3, 0.4) is 0 Å². The molecule has 2 aromatic rings. The summed E-state index contributed by atoms with van der Waals surface area (Å²) < 4.78 is 0. The van der Waals surface area contributed by atoms with Gasteiger partial charge in [-0.25, -0.2) is 9.78 Å². The molecular formula is C20H25N5O2. The fourth-order valence-corrected chi connectivity index (χ4v) is 4.32. The zero-order valence-corrected chi connectivity index (χ0v) is 15.5. The fraction of sp³-hybridized carbons (Fsp3) is 0.450. The van der Waals surface area contributed by atoms with Crippen LogP contribution in [0.1, 0.15) is 36.1 Å². The molecule has 3 N–H and O–H groups in total. The molecule has 1 fully saturated rings. The lowest BCUT2D eigenvalue weighted by Gasteiger charge is -2.40. The summed E-state index contributed by atoms with van der Waals surface area (Å²) in [4.78, 5) is 24.1. The van der Waals surface area contributed by atoms with Crippen LogP contribution in [0.5, 0.6) is 0 Å². The fourth-order valence-electron chi connectivity index (χ4n) is 4.32. The van der Waals surface area contributed by atoms with Gasteiger partial charge >= 0.3 is 6.09 Å². The predicted molar refractivity (Wildman–Crippen MR) is 104 cm³/mol. The Balaban J connectivity index is 1.60. The third-order valence-corrected chi connectivity index (χ3v) is 5.71. The van der Waals surface area contributed by atoms with Gasteiger partial charge in [0, 0.05) is 31.2 Å². The average molecular weight is 367 g/mol. The summed E-state index contributed by atoms with van der Waals surface area (Å²) in [5.41, 5.74) is 9.58. The standard InChI is InChI=1S/C20H25N5O2/c1-13-12-24(9-10-25(13)20(26)27)18-16-8-7-15(14-5-3-2-4-6-14)11-17(16)22-19(21)23-18/h2-6,13,15H,7-12H2,1H3,(H,26,27)(H2,21,22,23). The van der Waals surface area contributed by atoms with Crippen molar-refractivity contribution in [2.75, 3.05) is 30.3 Å². The Bertz CT molecular complexity index is 842. The molecular weight excluding hydrogens is 342 g/mol. The smallest absolute Gasteiger partial charge is 0.407 e. The van der Waals surface area contributed by atoms with E-state index >= 15 is 0 Å². The first-order valence-corrected chi connectivity index (χ1v) is 9.47. The molecule has 1 aromatic heterocycles. The van der Waals surface area contributed by atoms with Crippen molar-refractivity contribution >= 4 is 17.9 Å². The van der Waals surface area contributed by atoms with E-state index in [1.54, 1.807) is 0 Å². The third-order valence-electron chi connectivity index (χ3n) is 5.71. The van der Waals surface area contributed by atoms with E-state index < -0.39 is 6.09 Å². The highest BCUT2D eigenvalue weighted by Crippen LogP contribution is 2.36. The summed E-state index contributed by atoms with van der Waals surface area (Å²) >= 11 is 0. The number of anilines is 2. The average Bonchev–Trinajstić information content (AvgIpc) is 2.67. The number of aromatic nitrogens is 2. The highest BCUT2D eigenvalue weighted by Gasteiger charge is 2.31. The lowest BCUT2D eigenvalue weighted by molar-refractivity contribution is 0.122. The maximum absolute atomic E-state index is 11.3. The van der Waals surface area contributed by atoms with Gasteiger partial charge in [-0.3, -0.25) is 0 Å². The normalized spacial score (nSPS) is 22.4. The van der Waals surface area contributed by atoms with Gasteiger partial charge in [0.2, 0.25) is 5.95 Å². The van der Waals surface area contributed by atoms with E-state index in [-0.39, 0.29) is 6.04 Å². The molecule has 2 unspecified atom stereocenters. The van der Waals surface area contributed by atoms with Gasteiger partial charge in [-0.05, 0) is 37.7 Å². The Hall–Kier alpha value is -2.83. The number of nitrogens with two attached hydrogens (primary N) is 1. The Labute approximate surface area is 158 Å². The van der Waals surface area contributed by atoms with Crippen LogP contribution < -0.4 is 10.6 Å². The molecule has 4 rings (SSSR count). The molecule has 1 aliphatic carbocycles. The minimum atomic E-state index is -0.864. The quantitative estimate of drug-likeness (QED) is 0.847. The monoisotopic (exact) mass is 367 g/mol. The van der Waals surface area contributed by atoms with Crippen molar-refractivity contribution in [2.24, 2.45) is 0 Å². The molecule has 1 amide bonds. The number of rotatable bonds is 2. The highest BCUT2D eigenvalue weighted by molar-refractivity contribution is 5.66. The predicted octanol–water partition coefficient (Wildman–Crippen LogP) is 2.52. The Morgan fingerprint density at radius 1 is 1.22 bits per heavy atom. The van der Waals surface area contributed by atoms with Crippen molar-refractivity contribution in [3.05, 3.63) is 47.2 Å². The van der Waals surface area contributed by atoms with Crippen LogP contribution in [0.15, 0.2) is 30.3 Å². The minimum Gasteiger partial charge on any atom is -0.465 e. The molecule has 2 heterocycles. The number of amides is 1. The summed E-state index contributed by atoms with van der Waals surface area (Å²) in [7, 11) is 0. The van der Waals surface area contributed by atoms with Gasteiger partial charge in [0.05, 0.1) is 5.69 Å². The van der Waals surface area contributed by atoms with Crippen LogP contribution in [-0.2, 0) is 12.8 Å². The van der Waals surface area contributed by atoms with Gasteiger partial charge < -0.3 is 20.6 Å². The largest absolute Gasteiger partial charge is 0.465 e. The van der Waals surface area contributed by atoms with Crippen LogP contribution in [0.2, 0.25) is 0 Å². The van der Waals surface area contributed by atoms with E-state index in [2.05, 4.69) is 39.1 Å². The van der Waals surface area contributed by atoms with E-state index in [0.29, 0.717) is 31.5 Å². The number of benzene rings is 1. The second-order valence-corrected chi connectivity index (χ2v) is 7.45. The van der Waals surface area contributed by atoms with E-state index in [1.807, 2.05) is 13.0 Å². The van der Waals surface area contributed by atoms with Crippen LogP contribution in [0.4, 0.5) is 16.6 Å². The van der Waals surface area contributed by atoms with Gasteiger partial charge in [0.25, 0.3) is 0 Å². The number of piperazine rings is 1. The Kier molecular flexibility index (Phi) is 4.59. The maximum Gasteiger partial charge on any atom is 0.407 e. The number of carbonyl (C=O) groups is 1. The lowest BCUT2D eigenvalue weighted by Crippen LogP contribution is -2.54. The third kappa shape index (κ3) is 3.41. The molecule has 1 saturated heterocycles. The first-order chi connectivity index (χ1) is 13.0. The molecule has 1 aliphatic heterocycles. The highest BCUT2D eigenvalue weighted by atomic mass is 16.4. The van der Waals surface area contributed by atoms with Crippen LogP contribution in [-0.4, -0.2) is 51.7 Å². The van der Waals surface area contributed by atoms with E-state index in [4.69, 9.17) is 5.73 Å². The number of hydrogen-bond donors (Lipinski definition) is 2. The van der Waals surface area contributed by atoms with Crippen molar-refractivity contribution in [3.8, 4) is 0 Å². The molecule has 0 bridgehead atoms. The molecule has 27 heavy (non-hydrogen) atoms. The van der Waals surface area contributed by atoms with Crippen molar-refractivity contribution in [1.82, 2.24) is 14.9 Å². The van der Waals surface area contributed by atoms with Crippen molar-refractivity contribution in [3.63, 3.8) is 0 Å². The zero-order chi connectivity index (χ0) is 19.0. The molecule has 7 heteroatoms. The van der Waals surface area contributed by atoms with Crippen LogP contribution in [0.25, 0.3) is 0 Å². The second kappa shape index (κ2) is 7.06. The maximum atomic E-state index is 11.3. The first-order valence-electron chi connectivity index (χ1n) is 9.47.